The summed E-state index contributed by atoms with van der Waals surface area (Å²) >= 11 is 0. The molecule has 0 aromatic heterocycles. The Morgan fingerprint density at radius 1 is 0.881 bits per heavy atom. The summed E-state index contributed by atoms with van der Waals surface area (Å²) in [6.45, 7) is 4.20. The van der Waals surface area contributed by atoms with E-state index in [1.807, 2.05) is 0 Å². The van der Waals surface area contributed by atoms with E-state index >= 15 is 0 Å². The van der Waals surface area contributed by atoms with Crippen LogP contribution in [-0.4, -0.2) is 45.8 Å². The molecule has 3 N–H and O–H groups in total. The fourth-order valence-corrected chi connectivity index (χ4v) is 5.77. The smallest absolute Gasteiger partial charge is 0.321 e. The first kappa shape index (κ1) is 29.4. The number of carboxylic acid groups (broad SMARTS) is 1. The number of rotatable bonds is 8. The second kappa shape index (κ2) is 12.0. The molecule has 8 nitrogen and oxygen atoms in total. The van der Waals surface area contributed by atoms with E-state index in [0.717, 1.165) is 25.7 Å². The zero-order chi connectivity index (χ0) is 29.9. The van der Waals surface area contributed by atoms with Crippen molar-refractivity contribution >= 4 is 17.7 Å². The largest absolute Gasteiger partial charge is 0.481 e. The Hall–Kier alpha value is -4.11. The number of carbonyl (C=O) groups excluding carboxylic acids is 1. The molecule has 0 unspecified atom stereocenters. The molecule has 1 heterocycles. The van der Waals surface area contributed by atoms with Crippen molar-refractivity contribution in [2.24, 2.45) is 5.92 Å². The third-order valence-electron chi connectivity index (χ3n) is 8.56. The van der Waals surface area contributed by atoms with Gasteiger partial charge < -0.3 is 29.9 Å². The van der Waals surface area contributed by atoms with Crippen LogP contribution in [0.25, 0.3) is 0 Å². The number of benzene rings is 3. The van der Waals surface area contributed by atoms with E-state index in [4.69, 9.17) is 9.47 Å². The molecule has 0 atom stereocenters. The van der Waals surface area contributed by atoms with Crippen molar-refractivity contribution < 1.29 is 33.7 Å². The molecule has 222 valence electrons. The minimum atomic E-state index is -1.06. The van der Waals surface area contributed by atoms with Gasteiger partial charge in [0, 0.05) is 37.0 Å². The van der Waals surface area contributed by atoms with Crippen LogP contribution < -0.4 is 14.8 Å². The summed E-state index contributed by atoms with van der Waals surface area (Å²) in [5.41, 5.74) is -0.688. The summed E-state index contributed by atoms with van der Waals surface area (Å²) in [6, 6.07) is 17.1. The Morgan fingerprint density at radius 3 is 1.93 bits per heavy atom. The molecule has 1 saturated heterocycles. The van der Waals surface area contributed by atoms with Crippen molar-refractivity contribution in [3.8, 4) is 23.0 Å². The lowest BCUT2D eigenvalue weighted by molar-refractivity contribution is -0.142. The predicted octanol–water partition coefficient (Wildman–Crippen LogP) is 7.32. The minimum absolute atomic E-state index is 0.284. The number of urea groups is 1. The number of nitrogens with one attached hydrogen (secondary N) is 1. The lowest BCUT2D eigenvalue weighted by atomic mass is 9.78. The molecule has 3 aromatic rings. The summed E-state index contributed by atoms with van der Waals surface area (Å²) < 4.78 is 25.4. The third kappa shape index (κ3) is 6.68. The van der Waals surface area contributed by atoms with Crippen LogP contribution in [0.2, 0.25) is 0 Å². The number of amides is 2. The van der Waals surface area contributed by atoms with Crippen LogP contribution >= 0.6 is 0 Å². The summed E-state index contributed by atoms with van der Waals surface area (Å²) in [6.07, 6.45) is 5.52. The van der Waals surface area contributed by atoms with Crippen molar-refractivity contribution in [3.63, 3.8) is 0 Å². The van der Waals surface area contributed by atoms with E-state index < -0.39 is 17.0 Å². The van der Waals surface area contributed by atoms with Gasteiger partial charge in [-0.1, -0.05) is 25.0 Å². The number of carbonyl (C=O) groups is 2. The Kier molecular flexibility index (Phi) is 8.41. The van der Waals surface area contributed by atoms with E-state index in [2.05, 4.69) is 5.32 Å². The van der Waals surface area contributed by atoms with Crippen LogP contribution in [0.3, 0.4) is 0 Å². The average Bonchev–Trinajstić information content (AvgIpc) is 3.51. The van der Waals surface area contributed by atoms with Crippen LogP contribution in [0.4, 0.5) is 14.9 Å². The first-order chi connectivity index (χ1) is 20.0. The van der Waals surface area contributed by atoms with Crippen molar-refractivity contribution in [1.29, 1.82) is 0 Å². The Morgan fingerprint density at radius 2 is 1.40 bits per heavy atom. The van der Waals surface area contributed by atoms with Gasteiger partial charge in [0.05, 0.1) is 11.0 Å². The van der Waals surface area contributed by atoms with Gasteiger partial charge in [-0.05, 0) is 87.4 Å². The topological polar surface area (TPSA) is 108 Å². The Bertz CT molecular complexity index is 1410. The third-order valence-corrected chi connectivity index (χ3v) is 8.56. The maximum Gasteiger partial charge on any atom is 0.321 e. The highest BCUT2D eigenvalue weighted by Gasteiger charge is 2.41. The van der Waals surface area contributed by atoms with Gasteiger partial charge in [0.2, 0.25) is 0 Å². The number of piperidine rings is 1. The van der Waals surface area contributed by atoms with Crippen molar-refractivity contribution in [1.82, 2.24) is 4.90 Å². The number of anilines is 1. The first-order valence-corrected chi connectivity index (χ1v) is 14.4. The number of nitrogens with zero attached hydrogens (tertiary/aromatic N) is 1. The summed E-state index contributed by atoms with van der Waals surface area (Å²) in [4.78, 5) is 26.6. The second-order valence-electron chi connectivity index (χ2n) is 11.8. The van der Waals surface area contributed by atoms with Gasteiger partial charge in [0.1, 0.15) is 28.8 Å². The van der Waals surface area contributed by atoms with Gasteiger partial charge in [0.15, 0.2) is 0 Å². The van der Waals surface area contributed by atoms with Crippen LogP contribution in [-0.2, 0) is 10.2 Å². The Balaban J connectivity index is 1.32. The zero-order valence-corrected chi connectivity index (χ0v) is 23.9. The van der Waals surface area contributed by atoms with Crippen LogP contribution in [0.1, 0.15) is 57.9 Å². The van der Waals surface area contributed by atoms with E-state index in [-0.39, 0.29) is 11.8 Å². The van der Waals surface area contributed by atoms with Crippen LogP contribution in [0, 0.1) is 11.7 Å². The quantitative estimate of drug-likeness (QED) is 0.259. The molecule has 2 fully saturated rings. The molecule has 3 aromatic carbocycles. The molecule has 1 saturated carbocycles. The Labute approximate surface area is 245 Å². The molecule has 5 rings (SSSR count). The minimum Gasteiger partial charge on any atom is -0.481 e. The average molecular weight is 577 g/mol. The van der Waals surface area contributed by atoms with Gasteiger partial charge in [-0.2, -0.15) is 0 Å². The zero-order valence-electron chi connectivity index (χ0n) is 23.9. The molecule has 0 radical (unpaired) electrons. The van der Waals surface area contributed by atoms with Gasteiger partial charge in [-0.3, -0.25) is 4.79 Å². The number of likely N-dealkylation sites (tertiary alicyclic amines) is 1. The molecule has 42 heavy (non-hydrogen) atoms. The fraction of sp³-hybridized carbons (Fsp3) is 0.394. The number of hydrogen-bond donors (Lipinski definition) is 3. The summed E-state index contributed by atoms with van der Waals surface area (Å²) in [7, 11) is 0. The summed E-state index contributed by atoms with van der Waals surface area (Å²) in [5.74, 6) is 0.623. The monoisotopic (exact) mass is 576 g/mol. The van der Waals surface area contributed by atoms with Crippen molar-refractivity contribution in [2.75, 3.05) is 18.4 Å². The van der Waals surface area contributed by atoms with Crippen molar-refractivity contribution in [2.45, 2.75) is 63.4 Å². The molecule has 0 spiro atoms. The molecular formula is C33H37FN2O6. The lowest BCUT2D eigenvalue weighted by Crippen LogP contribution is -2.50. The number of aliphatic hydroxyl groups is 1. The molecule has 9 heteroatoms. The highest BCUT2D eigenvalue weighted by atomic mass is 19.1. The second-order valence-corrected chi connectivity index (χ2v) is 11.8. The highest BCUT2D eigenvalue weighted by Crippen LogP contribution is 2.40. The number of ether oxygens (including phenoxy) is 2. The SMILES string of the molecule is CC(C)(C(=O)O)c1ccc(Oc2cc(NC(=O)N3CCC(O)(C4CCCC4)CC3)cc(Oc3ccc(F)cc3)c2)cc1. The number of halogens is 1. The number of hydrogen-bond acceptors (Lipinski definition) is 5. The van der Waals surface area contributed by atoms with Crippen LogP contribution in [0.15, 0.2) is 66.7 Å². The molecular weight excluding hydrogens is 539 g/mol. The lowest BCUT2D eigenvalue weighted by Gasteiger charge is -2.41. The number of carboxylic acids is 1. The van der Waals surface area contributed by atoms with Gasteiger partial charge in [-0.25, -0.2) is 9.18 Å². The molecule has 1 aliphatic heterocycles. The molecule has 1 aliphatic carbocycles. The van der Waals surface area contributed by atoms with Crippen LogP contribution in [0.5, 0.6) is 23.0 Å². The van der Waals surface area contributed by atoms with Gasteiger partial charge in [0.25, 0.3) is 0 Å². The fourth-order valence-electron chi connectivity index (χ4n) is 5.77. The number of aliphatic carboxylic acids is 1. The van der Waals surface area contributed by atoms with Gasteiger partial charge >= 0.3 is 12.0 Å². The van der Waals surface area contributed by atoms with E-state index in [1.165, 1.54) is 24.3 Å². The predicted molar refractivity (Wildman–Crippen MR) is 157 cm³/mol. The standard InChI is InChI=1S/C33H37FN2O6/c1-32(2,30(37)38)22-7-11-26(12-8-22)41-28-19-25(20-29(21-28)42-27-13-9-24(34)10-14-27)35-31(39)36-17-15-33(40,16-18-36)23-5-3-4-6-23/h7-14,19-21,23,40H,3-6,15-18H2,1-2H3,(H,35,39)(H,37,38). The van der Waals surface area contributed by atoms with E-state index in [0.29, 0.717) is 66.1 Å². The summed E-state index contributed by atoms with van der Waals surface area (Å²) in [5, 5.41) is 23.6. The maximum atomic E-state index is 13.4. The molecule has 2 amide bonds. The normalized spacial score (nSPS) is 17.1. The molecule has 2 aliphatic rings. The van der Waals surface area contributed by atoms with Gasteiger partial charge in [-0.15, -0.1) is 0 Å². The highest BCUT2D eigenvalue weighted by molar-refractivity contribution is 5.90. The molecule has 0 bridgehead atoms. The van der Waals surface area contributed by atoms with E-state index in [9.17, 15) is 24.2 Å². The maximum absolute atomic E-state index is 13.4. The van der Waals surface area contributed by atoms with Crippen molar-refractivity contribution in [3.05, 3.63) is 78.1 Å². The first-order valence-electron chi connectivity index (χ1n) is 14.4. The van der Waals surface area contributed by atoms with E-state index in [1.54, 1.807) is 61.2 Å².